The van der Waals surface area contributed by atoms with Gasteiger partial charge in [0.15, 0.2) is 0 Å². The van der Waals surface area contributed by atoms with E-state index in [-0.39, 0.29) is 0 Å². The summed E-state index contributed by atoms with van der Waals surface area (Å²) < 4.78 is 2.15. The first-order chi connectivity index (χ1) is 9.79. The van der Waals surface area contributed by atoms with Crippen molar-refractivity contribution in [3.63, 3.8) is 0 Å². The molecule has 1 heterocycles. The van der Waals surface area contributed by atoms with E-state index in [0.717, 1.165) is 18.9 Å². The monoisotopic (exact) mass is 277 g/mol. The van der Waals surface area contributed by atoms with Crippen LogP contribution in [0.1, 0.15) is 64.1 Å². The molecular formula is C17H31N3. The standard InChI is InChI=1S/C17H31N3/c1-3-12-18-16(9-8-15-6-4-5-7-15)10-11-17-19-13-14-20(17)2/h13-16,18H,3-12H2,1-2H3. The Labute approximate surface area is 124 Å². The molecule has 0 bridgehead atoms. The van der Waals surface area contributed by atoms with Crippen LogP contribution in [0.3, 0.4) is 0 Å². The maximum atomic E-state index is 4.44. The average molecular weight is 277 g/mol. The van der Waals surface area contributed by atoms with E-state index in [1.165, 1.54) is 57.2 Å². The van der Waals surface area contributed by atoms with Gasteiger partial charge in [-0.15, -0.1) is 0 Å². The molecule has 0 saturated heterocycles. The Bertz CT molecular complexity index is 366. The zero-order chi connectivity index (χ0) is 14.2. The Morgan fingerprint density at radius 1 is 1.35 bits per heavy atom. The van der Waals surface area contributed by atoms with Crippen LogP contribution in [0.2, 0.25) is 0 Å². The zero-order valence-corrected chi connectivity index (χ0v) is 13.3. The number of hydrogen-bond donors (Lipinski definition) is 1. The van der Waals surface area contributed by atoms with Gasteiger partial charge >= 0.3 is 0 Å². The number of nitrogens with one attached hydrogen (secondary N) is 1. The predicted molar refractivity (Wildman–Crippen MR) is 84.8 cm³/mol. The molecule has 1 N–H and O–H groups in total. The molecule has 2 rings (SSSR count). The first-order valence-corrected chi connectivity index (χ1v) is 8.49. The van der Waals surface area contributed by atoms with Crippen molar-refractivity contribution in [3.8, 4) is 0 Å². The maximum Gasteiger partial charge on any atom is 0.108 e. The van der Waals surface area contributed by atoms with E-state index in [0.29, 0.717) is 6.04 Å². The molecule has 1 aliphatic rings. The van der Waals surface area contributed by atoms with Gasteiger partial charge in [-0.25, -0.2) is 4.98 Å². The van der Waals surface area contributed by atoms with Gasteiger partial charge in [-0.2, -0.15) is 0 Å². The van der Waals surface area contributed by atoms with Crippen LogP contribution < -0.4 is 5.32 Å². The molecule has 0 aromatic carbocycles. The van der Waals surface area contributed by atoms with Gasteiger partial charge in [-0.1, -0.05) is 32.6 Å². The van der Waals surface area contributed by atoms with E-state index in [2.05, 4.69) is 28.8 Å². The molecule has 0 amide bonds. The van der Waals surface area contributed by atoms with Crippen molar-refractivity contribution in [2.24, 2.45) is 13.0 Å². The summed E-state index contributed by atoms with van der Waals surface area (Å²) in [6.45, 7) is 3.40. The Morgan fingerprint density at radius 3 is 2.80 bits per heavy atom. The lowest BCUT2D eigenvalue weighted by atomic mass is 9.96. The lowest BCUT2D eigenvalue weighted by molar-refractivity contribution is 0.387. The van der Waals surface area contributed by atoms with Gasteiger partial charge in [-0.3, -0.25) is 0 Å². The van der Waals surface area contributed by atoms with Crippen LogP contribution in [0, 0.1) is 5.92 Å². The first-order valence-electron chi connectivity index (χ1n) is 8.49. The third kappa shape index (κ3) is 4.93. The van der Waals surface area contributed by atoms with Crippen molar-refractivity contribution >= 4 is 0 Å². The molecule has 3 nitrogen and oxygen atoms in total. The van der Waals surface area contributed by atoms with Gasteiger partial charge in [0.05, 0.1) is 0 Å². The second-order valence-corrected chi connectivity index (χ2v) is 6.37. The molecule has 1 atom stereocenters. The highest BCUT2D eigenvalue weighted by molar-refractivity contribution is 4.92. The van der Waals surface area contributed by atoms with Gasteiger partial charge in [0.1, 0.15) is 5.82 Å². The Kier molecular flexibility index (Phi) is 6.58. The van der Waals surface area contributed by atoms with Crippen LogP contribution in [0.15, 0.2) is 12.4 Å². The summed E-state index contributed by atoms with van der Waals surface area (Å²) in [5, 5.41) is 3.74. The molecule has 20 heavy (non-hydrogen) atoms. The van der Waals surface area contributed by atoms with Crippen molar-refractivity contribution in [3.05, 3.63) is 18.2 Å². The third-order valence-corrected chi connectivity index (χ3v) is 4.72. The summed E-state index contributed by atoms with van der Waals surface area (Å²) in [4.78, 5) is 4.44. The summed E-state index contributed by atoms with van der Waals surface area (Å²) in [5.74, 6) is 2.23. The number of aryl methyl sites for hydroxylation is 2. The van der Waals surface area contributed by atoms with Crippen LogP contribution in [0.5, 0.6) is 0 Å². The molecule has 1 aromatic heterocycles. The largest absolute Gasteiger partial charge is 0.338 e. The van der Waals surface area contributed by atoms with E-state index in [9.17, 15) is 0 Å². The summed E-state index contributed by atoms with van der Waals surface area (Å²) in [6.07, 6.45) is 16.1. The first kappa shape index (κ1) is 15.6. The fourth-order valence-electron chi connectivity index (χ4n) is 3.37. The van der Waals surface area contributed by atoms with E-state index in [1.807, 2.05) is 12.4 Å². The van der Waals surface area contributed by atoms with Crippen LogP contribution in [-0.2, 0) is 13.5 Å². The van der Waals surface area contributed by atoms with Gasteiger partial charge < -0.3 is 9.88 Å². The normalized spacial score (nSPS) is 17.7. The van der Waals surface area contributed by atoms with E-state index in [4.69, 9.17) is 0 Å². The lowest BCUT2D eigenvalue weighted by Crippen LogP contribution is -2.31. The van der Waals surface area contributed by atoms with E-state index >= 15 is 0 Å². The van der Waals surface area contributed by atoms with Crippen molar-refractivity contribution in [2.75, 3.05) is 6.54 Å². The average Bonchev–Trinajstić information content (AvgIpc) is 3.10. The molecule has 1 unspecified atom stereocenters. The fraction of sp³-hybridized carbons (Fsp3) is 0.824. The van der Waals surface area contributed by atoms with Crippen LogP contribution in [0.25, 0.3) is 0 Å². The van der Waals surface area contributed by atoms with Crippen molar-refractivity contribution < 1.29 is 0 Å². The summed E-state index contributed by atoms with van der Waals surface area (Å²) in [6, 6.07) is 0.673. The van der Waals surface area contributed by atoms with Gasteiger partial charge in [0, 0.05) is 31.9 Å². The molecule has 1 aliphatic carbocycles. The molecule has 1 saturated carbocycles. The smallest absolute Gasteiger partial charge is 0.108 e. The number of aromatic nitrogens is 2. The number of imidazole rings is 1. The van der Waals surface area contributed by atoms with Crippen molar-refractivity contribution in [2.45, 2.75) is 70.8 Å². The molecule has 3 heteroatoms. The molecular weight excluding hydrogens is 246 g/mol. The molecule has 114 valence electrons. The minimum absolute atomic E-state index is 0.673. The summed E-state index contributed by atoms with van der Waals surface area (Å²) in [7, 11) is 2.09. The fourth-order valence-corrected chi connectivity index (χ4v) is 3.37. The maximum absolute atomic E-state index is 4.44. The molecule has 1 fully saturated rings. The SMILES string of the molecule is CCCNC(CCc1nccn1C)CCC1CCCC1. The topological polar surface area (TPSA) is 29.9 Å². The highest BCUT2D eigenvalue weighted by atomic mass is 15.0. The second-order valence-electron chi connectivity index (χ2n) is 6.37. The summed E-state index contributed by atoms with van der Waals surface area (Å²) in [5.41, 5.74) is 0. The predicted octanol–water partition coefficient (Wildman–Crippen LogP) is 3.69. The van der Waals surface area contributed by atoms with E-state index < -0.39 is 0 Å². The zero-order valence-electron chi connectivity index (χ0n) is 13.3. The third-order valence-electron chi connectivity index (χ3n) is 4.72. The quantitative estimate of drug-likeness (QED) is 0.746. The van der Waals surface area contributed by atoms with Crippen molar-refractivity contribution in [1.29, 1.82) is 0 Å². The Balaban J connectivity index is 1.75. The van der Waals surface area contributed by atoms with Gasteiger partial charge in [-0.05, 0) is 38.1 Å². The number of hydrogen-bond acceptors (Lipinski definition) is 2. The minimum atomic E-state index is 0.673. The molecule has 0 aliphatic heterocycles. The van der Waals surface area contributed by atoms with Crippen LogP contribution in [-0.4, -0.2) is 22.1 Å². The Hall–Kier alpha value is -0.830. The second kappa shape index (κ2) is 8.46. The molecule has 0 spiro atoms. The van der Waals surface area contributed by atoms with E-state index in [1.54, 1.807) is 0 Å². The van der Waals surface area contributed by atoms with Crippen LogP contribution >= 0.6 is 0 Å². The summed E-state index contributed by atoms with van der Waals surface area (Å²) >= 11 is 0. The lowest BCUT2D eigenvalue weighted by Gasteiger charge is -2.20. The number of rotatable bonds is 9. The highest BCUT2D eigenvalue weighted by Gasteiger charge is 2.17. The number of nitrogens with zero attached hydrogens (tertiary/aromatic N) is 2. The Morgan fingerprint density at radius 2 is 2.15 bits per heavy atom. The minimum Gasteiger partial charge on any atom is -0.338 e. The molecule has 0 radical (unpaired) electrons. The highest BCUT2D eigenvalue weighted by Crippen LogP contribution is 2.29. The van der Waals surface area contributed by atoms with Gasteiger partial charge in [0.2, 0.25) is 0 Å². The van der Waals surface area contributed by atoms with Gasteiger partial charge in [0.25, 0.3) is 0 Å². The van der Waals surface area contributed by atoms with Crippen LogP contribution in [0.4, 0.5) is 0 Å². The molecule has 1 aromatic rings. The van der Waals surface area contributed by atoms with Crippen molar-refractivity contribution in [1.82, 2.24) is 14.9 Å².